The molecule has 1 N–H and O–H groups in total. The van der Waals surface area contributed by atoms with Crippen molar-refractivity contribution in [2.45, 2.75) is 23.8 Å². The normalized spacial score (nSPS) is 19.1. The number of carbonyl (C=O) groups is 1. The van der Waals surface area contributed by atoms with Crippen LogP contribution < -0.4 is 15.0 Å². The highest BCUT2D eigenvalue weighted by Crippen LogP contribution is 2.35. The van der Waals surface area contributed by atoms with E-state index in [1.54, 1.807) is 27.7 Å². The number of piperidine rings is 1. The highest BCUT2D eigenvalue weighted by atomic mass is 35.5. The van der Waals surface area contributed by atoms with E-state index in [-0.39, 0.29) is 40.5 Å². The number of amides is 1. The molecule has 8 nitrogen and oxygen atoms in total. The molecule has 2 aromatic carbocycles. The van der Waals surface area contributed by atoms with Crippen LogP contribution in [0.5, 0.6) is 5.75 Å². The molecule has 1 amide bonds. The SMILES string of the molecule is O=C(COc1ccccc1)N1C[C@@H]2C[C@H](C1)c1ccc(NS(=O)(=O)c3ccc(Cl)cc3)c(=O)n1C2. The summed E-state index contributed by atoms with van der Waals surface area (Å²) >= 11 is 5.85. The number of hydrogen-bond acceptors (Lipinski definition) is 5. The maximum Gasteiger partial charge on any atom is 0.275 e. The van der Waals surface area contributed by atoms with Gasteiger partial charge in [0.25, 0.3) is 21.5 Å². The summed E-state index contributed by atoms with van der Waals surface area (Å²) in [5, 5.41) is 0.420. The number of pyridine rings is 1. The molecule has 35 heavy (non-hydrogen) atoms. The lowest BCUT2D eigenvalue weighted by Crippen LogP contribution is -2.50. The number of halogens is 1. The van der Waals surface area contributed by atoms with E-state index < -0.39 is 10.0 Å². The number of fused-ring (bicyclic) bond motifs is 4. The molecule has 2 aliphatic heterocycles. The fourth-order valence-corrected chi connectivity index (χ4v) is 5.98. The van der Waals surface area contributed by atoms with E-state index in [2.05, 4.69) is 4.72 Å². The van der Waals surface area contributed by atoms with Gasteiger partial charge in [0.2, 0.25) is 0 Å². The number of likely N-dealkylation sites (tertiary alicyclic amines) is 1. The van der Waals surface area contributed by atoms with Crippen molar-refractivity contribution >= 4 is 33.2 Å². The second-order valence-electron chi connectivity index (χ2n) is 8.85. The largest absolute Gasteiger partial charge is 0.484 e. The zero-order valence-corrected chi connectivity index (χ0v) is 20.3. The van der Waals surface area contributed by atoms with Crippen molar-refractivity contribution in [2.24, 2.45) is 5.92 Å². The number of nitrogens with zero attached hydrogens (tertiary/aromatic N) is 2. The van der Waals surface area contributed by atoms with E-state index in [0.717, 1.165) is 12.1 Å². The Morgan fingerprint density at radius 1 is 1.00 bits per heavy atom. The lowest BCUT2D eigenvalue weighted by atomic mass is 9.83. The molecule has 3 heterocycles. The van der Waals surface area contributed by atoms with E-state index in [1.807, 2.05) is 18.2 Å². The molecule has 3 aromatic rings. The smallest absolute Gasteiger partial charge is 0.275 e. The molecule has 0 spiro atoms. The molecule has 0 aliphatic carbocycles. The monoisotopic (exact) mass is 513 g/mol. The quantitative estimate of drug-likeness (QED) is 0.545. The van der Waals surface area contributed by atoms with E-state index in [4.69, 9.17) is 16.3 Å². The molecule has 0 radical (unpaired) electrons. The Morgan fingerprint density at radius 3 is 2.49 bits per heavy atom. The second-order valence-corrected chi connectivity index (χ2v) is 11.0. The van der Waals surface area contributed by atoms with Gasteiger partial charge in [-0.2, -0.15) is 0 Å². The van der Waals surface area contributed by atoms with Crippen molar-refractivity contribution in [3.63, 3.8) is 0 Å². The molecule has 1 fully saturated rings. The number of aromatic nitrogens is 1. The van der Waals surface area contributed by atoms with Crippen LogP contribution in [0, 0.1) is 5.92 Å². The van der Waals surface area contributed by atoms with E-state index >= 15 is 0 Å². The molecular formula is C25H24ClN3O5S. The molecule has 5 rings (SSSR count). The number of para-hydroxylation sites is 1. The number of sulfonamides is 1. The van der Waals surface area contributed by atoms with Crippen molar-refractivity contribution in [1.82, 2.24) is 9.47 Å². The summed E-state index contributed by atoms with van der Waals surface area (Å²) < 4.78 is 35.2. The number of carbonyl (C=O) groups excluding carboxylic acids is 1. The van der Waals surface area contributed by atoms with Crippen LogP contribution in [-0.4, -0.2) is 43.5 Å². The minimum atomic E-state index is -3.94. The second kappa shape index (κ2) is 9.39. The van der Waals surface area contributed by atoms with Gasteiger partial charge in [-0.3, -0.25) is 14.3 Å². The molecule has 0 unspecified atom stereocenters. The highest BCUT2D eigenvalue weighted by Gasteiger charge is 2.37. The van der Waals surface area contributed by atoms with Gasteiger partial charge in [0.15, 0.2) is 6.61 Å². The van der Waals surface area contributed by atoms with Gasteiger partial charge in [-0.1, -0.05) is 29.8 Å². The summed E-state index contributed by atoms with van der Waals surface area (Å²) in [6, 6.07) is 18.2. The standard InChI is InChI=1S/C25H24ClN3O5S/c26-19-6-8-21(9-7-19)35(32,33)27-22-10-11-23-18-12-17(14-29(23)25(22)31)13-28(15-18)24(30)16-34-20-4-2-1-3-5-20/h1-11,17-18,27H,12-16H2/t17-,18+/m0/s1. The molecule has 2 bridgehead atoms. The first-order chi connectivity index (χ1) is 16.8. The van der Waals surface area contributed by atoms with Crippen LogP contribution in [-0.2, 0) is 21.4 Å². The predicted octanol–water partition coefficient (Wildman–Crippen LogP) is 3.33. The zero-order chi connectivity index (χ0) is 24.6. The topological polar surface area (TPSA) is 97.7 Å². The Hall–Kier alpha value is -3.30. The first kappa shape index (κ1) is 23.4. The number of benzene rings is 2. The number of rotatable bonds is 6. The molecule has 182 valence electrons. The Morgan fingerprint density at radius 2 is 1.74 bits per heavy atom. The molecule has 2 atom stereocenters. The van der Waals surface area contributed by atoms with Crippen molar-refractivity contribution in [3.05, 3.63) is 87.8 Å². The lowest BCUT2D eigenvalue weighted by molar-refractivity contribution is -0.136. The van der Waals surface area contributed by atoms with Gasteiger partial charge >= 0.3 is 0 Å². The molecule has 2 aliphatic rings. The Labute approximate surface area is 208 Å². The van der Waals surface area contributed by atoms with Crippen LogP contribution in [0.15, 0.2) is 76.4 Å². The summed E-state index contributed by atoms with van der Waals surface area (Å²) in [5.41, 5.74) is 0.414. The average molecular weight is 514 g/mol. The van der Waals surface area contributed by atoms with Gasteiger partial charge in [0, 0.05) is 36.3 Å². The Balaban J connectivity index is 1.32. The molecular weight excluding hydrogens is 490 g/mol. The Kier molecular flexibility index (Phi) is 6.29. The zero-order valence-electron chi connectivity index (χ0n) is 18.8. The summed E-state index contributed by atoms with van der Waals surface area (Å²) in [4.78, 5) is 27.8. The third kappa shape index (κ3) is 4.92. The lowest BCUT2D eigenvalue weighted by Gasteiger charge is -2.42. The fraction of sp³-hybridized carbons (Fsp3) is 0.280. The number of nitrogens with one attached hydrogen (secondary N) is 1. The summed E-state index contributed by atoms with van der Waals surface area (Å²) in [7, 11) is -3.94. The summed E-state index contributed by atoms with van der Waals surface area (Å²) in [6.07, 6.45) is 0.874. The van der Waals surface area contributed by atoms with Gasteiger partial charge in [-0.25, -0.2) is 8.42 Å². The van der Waals surface area contributed by atoms with Crippen molar-refractivity contribution in [1.29, 1.82) is 0 Å². The first-order valence-electron chi connectivity index (χ1n) is 11.3. The first-order valence-corrected chi connectivity index (χ1v) is 13.1. The van der Waals surface area contributed by atoms with Crippen molar-refractivity contribution < 1.29 is 17.9 Å². The van der Waals surface area contributed by atoms with Crippen LogP contribution >= 0.6 is 11.6 Å². The van der Waals surface area contributed by atoms with Gasteiger partial charge in [-0.05, 0) is 60.9 Å². The number of ether oxygens (including phenoxy) is 1. The van der Waals surface area contributed by atoms with Crippen LogP contribution in [0.4, 0.5) is 5.69 Å². The van der Waals surface area contributed by atoms with E-state index in [9.17, 15) is 18.0 Å². The van der Waals surface area contributed by atoms with Crippen LogP contribution in [0.2, 0.25) is 5.02 Å². The summed E-state index contributed by atoms with van der Waals surface area (Å²) in [6.45, 7) is 1.40. The van der Waals surface area contributed by atoms with Crippen LogP contribution in [0.3, 0.4) is 0 Å². The fourth-order valence-electron chi connectivity index (χ4n) is 4.80. The third-order valence-corrected chi connectivity index (χ3v) is 8.06. The predicted molar refractivity (Wildman–Crippen MR) is 132 cm³/mol. The third-order valence-electron chi connectivity index (χ3n) is 6.43. The van der Waals surface area contributed by atoms with Crippen molar-refractivity contribution in [2.75, 3.05) is 24.4 Å². The molecule has 1 saturated heterocycles. The van der Waals surface area contributed by atoms with Crippen molar-refractivity contribution in [3.8, 4) is 5.75 Å². The molecule has 10 heteroatoms. The minimum Gasteiger partial charge on any atom is -0.484 e. The number of anilines is 1. The van der Waals surface area contributed by atoms with Crippen LogP contribution in [0.25, 0.3) is 0 Å². The molecule has 0 saturated carbocycles. The van der Waals surface area contributed by atoms with E-state index in [0.29, 0.717) is 30.4 Å². The van der Waals surface area contributed by atoms with Gasteiger partial charge < -0.3 is 14.2 Å². The summed E-state index contributed by atoms with van der Waals surface area (Å²) in [5.74, 6) is 0.649. The average Bonchev–Trinajstić information content (AvgIpc) is 2.85. The minimum absolute atomic E-state index is 0.00204. The highest BCUT2D eigenvalue weighted by molar-refractivity contribution is 7.92. The molecule has 1 aromatic heterocycles. The maximum atomic E-state index is 13.2. The van der Waals surface area contributed by atoms with Gasteiger partial charge in [-0.15, -0.1) is 0 Å². The number of hydrogen-bond donors (Lipinski definition) is 1. The van der Waals surface area contributed by atoms with Gasteiger partial charge in [0.1, 0.15) is 11.4 Å². The van der Waals surface area contributed by atoms with Crippen LogP contribution in [0.1, 0.15) is 18.0 Å². The Bertz CT molecular complexity index is 1410. The van der Waals surface area contributed by atoms with Gasteiger partial charge in [0.05, 0.1) is 4.90 Å². The van der Waals surface area contributed by atoms with E-state index in [1.165, 1.54) is 30.3 Å². The maximum absolute atomic E-state index is 13.2.